The van der Waals surface area contributed by atoms with Crippen LogP contribution in [-0.4, -0.2) is 76.7 Å². The number of ether oxygens (including phenoxy) is 2. The first-order chi connectivity index (χ1) is 30.2. The second-order valence-corrected chi connectivity index (χ2v) is 18.2. The predicted octanol–water partition coefficient (Wildman–Crippen LogP) is 7.56. The number of β-lactam (4-membered cyclic amide) rings is 1. The zero-order valence-corrected chi connectivity index (χ0v) is 36.6. The lowest BCUT2D eigenvalue weighted by Crippen LogP contribution is -2.70. The number of benzene rings is 4. The summed E-state index contributed by atoms with van der Waals surface area (Å²) in [4.78, 5) is 58.9. The Balaban J connectivity index is 0.00000504. The van der Waals surface area contributed by atoms with Crippen molar-refractivity contribution in [3.8, 4) is 0 Å². The molecule has 2 amide bonds. The summed E-state index contributed by atoms with van der Waals surface area (Å²) >= 11 is 8.50. The van der Waals surface area contributed by atoms with Crippen LogP contribution in [0.4, 0.5) is 10.1 Å². The molecule has 0 spiro atoms. The molecule has 10 rings (SSSR count). The van der Waals surface area contributed by atoms with E-state index in [4.69, 9.17) is 21.1 Å². The maximum atomic E-state index is 16.2. The largest absolute Gasteiger partial charge is 0.466 e. The van der Waals surface area contributed by atoms with E-state index in [1.165, 1.54) is 28.9 Å². The third kappa shape index (κ3) is 8.32. The molecule has 5 heterocycles. The average Bonchev–Trinajstić information content (AvgIpc) is 4.05. The number of carbonyl (C=O) groups excluding carboxylic acids is 3. The molecule has 1 aromatic heterocycles. The van der Waals surface area contributed by atoms with Gasteiger partial charge in [0.2, 0.25) is 17.2 Å². The normalized spacial score (nSPS) is 21.7. The van der Waals surface area contributed by atoms with Gasteiger partial charge in [-0.3, -0.25) is 19.3 Å². The van der Waals surface area contributed by atoms with Gasteiger partial charge in [0, 0.05) is 42.7 Å². The summed E-state index contributed by atoms with van der Waals surface area (Å²) in [5.41, 5.74) is 2.81. The number of piperidine rings is 1. The molecule has 4 aromatic carbocycles. The average molecular weight is 911 g/mol. The van der Waals surface area contributed by atoms with E-state index in [-0.39, 0.29) is 76.9 Å². The predicted molar refractivity (Wildman–Crippen MR) is 244 cm³/mol. The van der Waals surface area contributed by atoms with Crippen molar-refractivity contribution >= 4 is 70.1 Å². The van der Waals surface area contributed by atoms with Crippen LogP contribution in [0, 0.1) is 11.7 Å². The van der Waals surface area contributed by atoms with Crippen LogP contribution in [0.3, 0.4) is 0 Å². The highest BCUT2D eigenvalue weighted by molar-refractivity contribution is 8.00. The van der Waals surface area contributed by atoms with Crippen molar-refractivity contribution in [3.63, 3.8) is 0 Å². The van der Waals surface area contributed by atoms with Crippen LogP contribution in [0.5, 0.6) is 0 Å². The number of hydrogen-bond donors (Lipinski definition) is 2. The molecule has 11 nitrogen and oxygen atoms in total. The second-order valence-electron chi connectivity index (χ2n) is 16.7. The number of amides is 2. The Morgan fingerprint density at radius 3 is 2.29 bits per heavy atom. The molecule has 4 atom stereocenters. The van der Waals surface area contributed by atoms with Gasteiger partial charge in [-0.2, -0.15) is 0 Å². The fourth-order valence-corrected chi connectivity index (χ4v) is 11.0. The van der Waals surface area contributed by atoms with Gasteiger partial charge in [-0.1, -0.05) is 103 Å². The van der Waals surface area contributed by atoms with Crippen LogP contribution < -0.4 is 21.0 Å². The van der Waals surface area contributed by atoms with Crippen molar-refractivity contribution in [2.75, 3.05) is 36.9 Å². The van der Waals surface area contributed by atoms with Crippen molar-refractivity contribution in [1.29, 1.82) is 0 Å². The molecule has 5 aromatic rings. The Morgan fingerprint density at radius 1 is 0.937 bits per heavy atom. The van der Waals surface area contributed by atoms with Crippen LogP contribution in [0.2, 0.25) is 5.02 Å². The first-order valence-corrected chi connectivity index (χ1v) is 22.6. The van der Waals surface area contributed by atoms with Crippen LogP contribution in [0.1, 0.15) is 64.9 Å². The number of aromatic nitrogens is 1. The molecule has 0 radical (unpaired) electrons. The van der Waals surface area contributed by atoms with E-state index >= 15 is 4.39 Å². The first-order valence-electron chi connectivity index (χ1n) is 21.2. The molecular weight excluding hydrogens is 865 g/mol. The van der Waals surface area contributed by atoms with Gasteiger partial charge in [0.1, 0.15) is 29.4 Å². The third-order valence-electron chi connectivity index (χ3n) is 12.6. The number of thioether (sulfide) groups is 1. The topological polar surface area (TPSA) is 122 Å². The highest BCUT2D eigenvalue weighted by Gasteiger charge is 2.54. The standard InChI is InChI=1S/C48H45ClFN5O6S.ClH/c49-39-41-34(22-36(50)42(39)53-23-31-17-10-20-51-37(31)25-53)43(57)35(24-54(41)33-18-19-33)48(59)60-26-32-27-62-47-40(52-38(56)21-28-11-4-1-5-12-28)45(58)55(47)46(32)61-44(29-13-6-2-7-14-29)30-15-8-3-9-16-30;/h1-9,11-16,22,24,31,33,37,40,44,47,51H,10,17-21,23,25-27H2,(H,52,56);1H/t31-,37+,40+,47+;/m0./s1. The lowest BCUT2D eigenvalue weighted by Gasteiger charge is -2.50. The van der Waals surface area contributed by atoms with E-state index in [9.17, 15) is 19.2 Å². The summed E-state index contributed by atoms with van der Waals surface area (Å²) in [6, 6.07) is 29.2. The summed E-state index contributed by atoms with van der Waals surface area (Å²) in [5, 5.41) is 6.19. The van der Waals surface area contributed by atoms with Crippen molar-refractivity contribution in [2.45, 2.75) is 61.7 Å². The molecule has 0 unspecified atom stereocenters. The lowest BCUT2D eigenvalue weighted by molar-refractivity contribution is -0.150. The van der Waals surface area contributed by atoms with Crippen molar-refractivity contribution in [3.05, 3.63) is 158 Å². The molecule has 5 aliphatic rings. The third-order valence-corrected chi connectivity index (χ3v) is 14.3. The minimum atomic E-state index is -0.885. The number of rotatable bonds is 12. The highest BCUT2D eigenvalue weighted by Crippen LogP contribution is 2.45. The molecule has 3 saturated heterocycles. The van der Waals surface area contributed by atoms with Crippen molar-refractivity contribution in [2.24, 2.45) is 5.92 Å². The number of nitrogens with zero attached hydrogens (tertiary/aromatic N) is 3. The van der Waals surface area contributed by atoms with E-state index in [0.717, 1.165) is 48.9 Å². The zero-order chi connectivity index (χ0) is 42.5. The van der Waals surface area contributed by atoms with Crippen LogP contribution in [0.25, 0.3) is 10.9 Å². The van der Waals surface area contributed by atoms with E-state index in [2.05, 4.69) is 10.6 Å². The number of hydrogen-bond acceptors (Lipinski definition) is 9. The fourth-order valence-electron chi connectivity index (χ4n) is 9.31. The van der Waals surface area contributed by atoms with Gasteiger partial charge < -0.3 is 29.6 Å². The fraction of sp³-hybridized carbons (Fsp3) is 0.333. The van der Waals surface area contributed by atoms with Gasteiger partial charge >= 0.3 is 5.97 Å². The second kappa shape index (κ2) is 18.0. The Labute approximate surface area is 379 Å². The molecule has 326 valence electrons. The number of fused-ring (bicyclic) bond motifs is 3. The van der Waals surface area contributed by atoms with Gasteiger partial charge in [-0.05, 0) is 60.9 Å². The van der Waals surface area contributed by atoms with E-state index in [0.29, 0.717) is 35.9 Å². The van der Waals surface area contributed by atoms with E-state index in [1.807, 2.05) is 100 Å². The summed E-state index contributed by atoms with van der Waals surface area (Å²) in [6.45, 7) is 1.93. The maximum absolute atomic E-state index is 16.2. The molecule has 4 aliphatic heterocycles. The molecule has 2 N–H and O–H groups in total. The Hall–Kier alpha value is -5.34. The van der Waals surface area contributed by atoms with E-state index in [1.54, 1.807) is 0 Å². The number of pyridine rings is 1. The molecule has 1 saturated carbocycles. The Morgan fingerprint density at radius 2 is 1.62 bits per heavy atom. The molecule has 15 heteroatoms. The van der Waals surface area contributed by atoms with Gasteiger partial charge in [0.05, 0.1) is 28.0 Å². The monoisotopic (exact) mass is 909 g/mol. The molecule has 63 heavy (non-hydrogen) atoms. The smallest absolute Gasteiger partial charge is 0.343 e. The molecule has 1 aliphatic carbocycles. The number of carbonyl (C=O) groups is 3. The Bertz CT molecular complexity index is 2600. The summed E-state index contributed by atoms with van der Waals surface area (Å²) in [5.74, 6) is -1.20. The Kier molecular flexibility index (Phi) is 12.3. The highest BCUT2D eigenvalue weighted by atomic mass is 35.5. The van der Waals surface area contributed by atoms with Gasteiger partial charge in [0.25, 0.3) is 5.91 Å². The molecular formula is C48H46Cl2FN5O6S. The van der Waals surface area contributed by atoms with E-state index < -0.39 is 34.7 Å². The molecule has 0 bridgehead atoms. The first kappa shape index (κ1) is 42.9. The number of esters is 1. The zero-order valence-electron chi connectivity index (χ0n) is 34.2. The van der Waals surface area contributed by atoms with Crippen molar-refractivity contribution < 1.29 is 28.2 Å². The minimum absolute atomic E-state index is 0. The maximum Gasteiger partial charge on any atom is 0.343 e. The SMILES string of the molecule is Cl.O=C(Cc1ccccc1)N[C@@H]1C(=O)N2C(OC(c3ccccc3)c3ccccc3)=C(COC(=O)c3cn(C4CC4)c4c(Cl)c(N5C[C@@H]6CCCN[C@@H]6C5)c(F)cc4c3=O)CS[C@H]12. The quantitative estimate of drug-likeness (QED) is 0.0966. The van der Waals surface area contributed by atoms with Crippen LogP contribution in [0.15, 0.2) is 120 Å². The number of halogens is 3. The molecule has 4 fully saturated rings. The van der Waals surface area contributed by atoms with Crippen molar-refractivity contribution in [1.82, 2.24) is 20.1 Å². The van der Waals surface area contributed by atoms with Crippen LogP contribution >= 0.6 is 35.8 Å². The summed E-state index contributed by atoms with van der Waals surface area (Å²) < 4.78 is 30.8. The summed E-state index contributed by atoms with van der Waals surface area (Å²) in [7, 11) is 0. The lowest BCUT2D eigenvalue weighted by atomic mass is 9.94. The number of anilines is 1. The van der Waals surface area contributed by atoms with Gasteiger partial charge in [-0.15, -0.1) is 24.2 Å². The summed E-state index contributed by atoms with van der Waals surface area (Å²) in [6.07, 6.45) is 4.76. The van der Waals surface area contributed by atoms with Crippen LogP contribution in [-0.2, 0) is 25.5 Å². The van der Waals surface area contributed by atoms with Gasteiger partial charge in [0.15, 0.2) is 6.10 Å². The van der Waals surface area contributed by atoms with Gasteiger partial charge in [-0.25, -0.2) is 9.18 Å². The number of nitrogens with one attached hydrogen (secondary N) is 2. The minimum Gasteiger partial charge on any atom is -0.466 e.